The molecule has 2 N–H and O–H groups in total. The summed E-state index contributed by atoms with van der Waals surface area (Å²) in [5.41, 5.74) is 3.31. The number of ether oxygens (including phenoxy) is 1. The summed E-state index contributed by atoms with van der Waals surface area (Å²) in [6.45, 7) is 7.09. The molecule has 0 spiro atoms. The van der Waals surface area contributed by atoms with Crippen molar-refractivity contribution in [2.75, 3.05) is 19.0 Å². The van der Waals surface area contributed by atoms with E-state index in [1.165, 1.54) is 5.56 Å². The third kappa shape index (κ3) is 5.30. The summed E-state index contributed by atoms with van der Waals surface area (Å²) >= 11 is 0. The first kappa shape index (κ1) is 17.9. The number of methoxy groups -OCH3 is 1. The zero-order valence-corrected chi connectivity index (χ0v) is 14.8. The molecular weight excluding hydrogens is 300 g/mol. The van der Waals surface area contributed by atoms with Gasteiger partial charge >= 0.3 is 6.03 Å². The van der Waals surface area contributed by atoms with Crippen LogP contribution in [0, 0.1) is 0 Å². The van der Waals surface area contributed by atoms with Gasteiger partial charge in [0.1, 0.15) is 5.75 Å². The van der Waals surface area contributed by atoms with Gasteiger partial charge in [-0.05, 0) is 47.2 Å². The average molecular weight is 326 g/mol. The van der Waals surface area contributed by atoms with E-state index in [1.54, 1.807) is 7.11 Å². The number of anilines is 1. The lowest BCUT2D eigenvalue weighted by Gasteiger charge is -2.19. The number of rotatable bonds is 5. The zero-order valence-electron chi connectivity index (χ0n) is 14.8. The highest BCUT2D eigenvalue weighted by Crippen LogP contribution is 2.23. The van der Waals surface area contributed by atoms with Crippen LogP contribution >= 0.6 is 0 Å². The van der Waals surface area contributed by atoms with E-state index in [0.717, 1.165) is 23.4 Å². The van der Waals surface area contributed by atoms with Crippen LogP contribution in [0.15, 0.2) is 48.5 Å². The van der Waals surface area contributed by atoms with Gasteiger partial charge in [-0.1, -0.05) is 45.0 Å². The normalized spacial score (nSPS) is 11.0. The number of carbonyl (C=O) groups excluding carboxylic acids is 1. The van der Waals surface area contributed by atoms with Crippen molar-refractivity contribution >= 4 is 11.7 Å². The van der Waals surface area contributed by atoms with Crippen molar-refractivity contribution in [2.24, 2.45) is 0 Å². The summed E-state index contributed by atoms with van der Waals surface area (Å²) in [6.07, 6.45) is 0.778. The maximum Gasteiger partial charge on any atom is 0.319 e. The van der Waals surface area contributed by atoms with E-state index < -0.39 is 0 Å². The topological polar surface area (TPSA) is 50.4 Å². The van der Waals surface area contributed by atoms with Gasteiger partial charge in [-0.25, -0.2) is 4.79 Å². The minimum atomic E-state index is -0.188. The van der Waals surface area contributed by atoms with Crippen LogP contribution < -0.4 is 15.4 Å². The molecule has 4 nitrogen and oxygen atoms in total. The molecule has 0 aliphatic rings. The molecule has 0 bridgehead atoms. The van der Waals surface area contributed by atoms with Gasteiger partial charge in [0.15, 0.2) is 0 Å². The number of nitrogens with one attached hydrogen (secondary N) is 2. The first-order valence-corrected chi connectivity index (χ1v) is 8.17. The monoisotopic (exact) mass is 326 g/mol. The molecular formula is C20H26N2O2. The molecule has 2 aromatic rings. The first-order valence-electron chi connectivity index (χ1n) is 8.17. The summed E-state index contributed by atoms with van der Waals surface area (Å²) in [5, 5.41) is 5.73. The Hall–Kier alpha value is -2.49. The third-order valence-electron chi connectivity index (χ3n) is 3.87. The molecule has 0 radical (unpaired) electrons. The molecule has 0 aliphatic heterocycles. The molecule has 0 unspecified atom stereocenters. The Labute approximate surface area is 144 Å². The summed E-state index contributed by atoms with van der Waals surface area (Å²) < 4.78 is 5.13. The lowest BCUT2D eigenvalue weighted by molar-refractivity contribution is 0.252. The van der Waals surface area contributed by atoms with Crippen LogP contribution in [0.25, 0.3) is 0 Å². The molecule has 0 saturated carbocycles. The smallest absolute Gasteiger partial charge is 0.319 e. The second-order valence-corrected chi connectivity index (χ2v) is 6.81. The lowest BCUT2D eigenvalue weighted by atomic mass is 9.87. The van der Waals surface area contributed by atoms with Gasteiger partial charge in [0.05, 0.1) is 7.11 Å². The van der Waals surface area contributed by atoms with Crippen LogP contribution in [0.1, 0.15) is 31.9 Å². The Balaban J connectivity index is 1.78. The highest BCUT2D eigenvalue weighted by atomic mass is 16.5. The maximum atomic E-state index is 11.9. The van der Waals surface area contributed by atoms with Gasteiger partial charge in [0, 0.05) is 12.2 Å². The quantitative estimate of drug-likeness (QED) is 0.858. The SMILES string of the molecule is COc1ccc(CCNC(=O)Nc2ccc(C(C)(C)C)cc2)cc1. The Morgan fingerprint density at radius 1 is 1.00 bits per heavy atom. The van der Waals surface area contributed by atoms with E-state index in [1.807, 2.05) is 48.5 Å². The van der Waals surface area contributed by atoms with E-state index in [2.05, 4.69) is 31.4 Å². The van der Waals surface area contributed by atoms with E-state index in [4.69, 9.17) is 4.74 Å². The molecule has 4 heteroatoms. The molecule has 0 fully saturated rings. The molecule has 128 valence electrons. The zero-order chi connectivity index (χ0) is 17.6. The number of carbonyl (C=O) groups is 1. The Morgan fingerprint density at radius 3 is 2.17 bits per heavy atom. The largest absolute Gasteiger partial charge is 0.497 e. The van der Waals surface area contributed by atoms with Gasteiger partial charge in [-0.2, -0.15) is 0 Å². The fourth-order valence-corrected chi connectivity index (χ4v) is 2.34. The maximum absolute atomic E-state index is 11.9. The number of benzene rings is 2. The number of hydrogen-bond acceptors (Lipinski definition) is 2. The van der Waals surface area contributed by atoms with Gasteiger partial charge in [0.2, 0.25) is 0 Å². The van der Waals surface area contributed by atoms with Crippen LogP contribution in [0.5, 0.6) is 5.75 Å². The van der Waals surface area contributed by atoms with Crippen molar-refractivity contribution < 1.29 is 9.53 Å². The van der Waals surface area contributed by atoms with Crippen LogP contribution in [0.2, 0.25) is 0 Å². The number of amides is 2. The number of urea groups is 1. The van der Waals surface area contributed by atoms with Gasteiger partial charge < -0.3 is 15.4 Å². The molecule has 0 atom stereocenters. The van der Waals surface area contributed by atoms with E-state index in [0.29, 0.717) is 6.54 Å². The van der Waals surface area contributed by atoms with Crippen molar-refractivity contribution in [3.63, 3.8) is 0 Å². The van der Waals surface area contributed by atoms with E-state index >= 15 is 0 Å². The lowest BCUT2D eigenvalue weighted by Crippen LogP contribution is -2.30. The molecule has 0 aliphatic carbocycles. The van der Waals surface area contributed by atoms with E-state index in [-0.39, 0.29) is 11.4 Å². The molecule has 0 saturated heterocycles. The summed E-state index contributed by atoms with van der Waals surface area (Å²) in [5.74, 6) is 0.836. The van der Waals surface area contributed by atoms with Crippen molar-refractivity contribution in [2.45, 2.75) is 32.6 Å². The van der Waals surface area contributed by atoms with E-state index in [9.17, 15) is 4.79 Å². The van der Waals surface area contributed by atoms with Gasteiger partial charge in [-0.3, -0.25) is 0 Å². The highest BCUT2D eigenvalue weighted by Gasteiger charge is 2.13. The number of hydrogen-bond donors (Lipinski definition) is 2. The Bertz CT molecular complexity index is 656. The predicted molar refractivity (Wildman–Crippen MR) is 98.9 cm³/mol. The summed E-state index contributed by atoms with van der Waals surface area (Å²) in [7, 11) is 1.65. The molecule has 2 rings (SSSR count). The highest BCUT2D eigenvalue weighted by molar-refractivity contribution is 5.89. The average Bonchev–Trinajstić information content (AvgIpc) is 2.55. The molecule has 2 amide bonds. The Kier molecular flexibility index (Phi) is 5.85. The minimum Gasteiger partial charge on any atom is -0.497 e. The van der Waals surface area contributed by atoms with Gasteiger partial charge in [0.25, 0.3) is 0 Å². The fourth-order valence-electron chi connectivity index (χ4n) is 2.34. The van der Waals surface area contributed by atoms with Crippen molar-refractivity contribution in [1.82, 2.24) is 5.32 Å². The first-order chi connectivity index (χ1) is 11.4. The predicted octanol–water partition coefficient (Wildman–Crippen LogP) is 4.36. The van der Waals surface area contributed by atoms with Gasteiger partial charge in [-0.15, -0.1) is 0 Å². The van der Waals surface area contributed by atoms with Crippen LogP contribution in [-0.4, -0.2) is 19.7 Å². The molecule has 24 heavy (non-hydrogen) atoms. The summed E-state index contributed by atoms with van der Waals surface area (Å²) in [6, 6.07) is 15.6. The van der Waals surface area contributed by atoms with Crippen molar-refractivity contribution in [3.8, 4) is 5.75 Å². The Morgan fingerprint density at radius 2 is 1.62 bits per heavy atom. The third-order valence-corrected chi connectivity index (χ3v) is 3.87. The minimum absolute atomic E-state index is 0.110. The van der Waals surface area contributed by atoms with Crippen LogP contribution in [0.3, 0.4) is 0 Å². The van der Waals surface area contributed by atoms with Crippen molar-refractivity contribution in [3.05, 3.63) is 59.7 Å². The fraction of sp³-hybridized carbons (Fsp3) is 0.350. The second-order valence-electron chi connectivity index (χ2n) is 6.81. The second kappa shape index (κ2) is 7.86. The molecule has 2 aromatic carbocycles. The van der Waals surface area contributed by atoms with Crippen molar-refractivity contribution in [1.29, 1.82) is 0 Å². The standard InChI is InChI=1S/C20H26N2O2/c1-20(2,3)16-7-9-17(10-8-16)22-19(23)21-14-13-15-5-11-18(24-4)12-6-15/h5-12H,13-14H2,1-4H3,(H2,21,22,23). The van der Waals surface area contributed by atoms with Crippen LogP contribution in [0.4, 0.5) is 10.5 Å². The molecule has 0 heterocycles. The van der Waals surface area contributed by atoms with Crippen LogP contribution in [-0.2, 0) is 11.8 Å². The summed E-state index contributed by atoms with van der Waals surface area (Å²) in [4.78, 5) is 11.9. The molecule has 0 aromatic heterocycles.